The average Bonchev–Trinajstić information content (AvgIpc) is 3.48. The molecule has 4 heterocycles. The lowest BCUT2D eigenvalue weighted by molar-refractivity contribution is 0.0723. The molecule has 1 amide bonds. The monoisotopic (exact) mass is 459 g/mol. The maximum absolute atomic E-state index is 14.5. The van der Waals surface area contributed by atoms with Gasteiger partial charge in [-0.25, -0.2) is 9.37 Å². The molecule has 2 aromatic heterocycles. The van der Waals surface area contributed by atoms with Gasteiger partial charge in [0, 0.05) is 29.9 Å². The molecule has 1 saturated heterocycles. The van der Waals surface area contributed by atoms with E-state index in [1.165, 1.54) is 6.20 Å². The predicted octanol–water partition coefficient (Wildman–Crippen LogP) is 4.34. The fraction of sp³-hybridized carbons (Fsp3) is 0.250. The number of carbonyl (C=O) groups is 1. The minimum Gasteiger partial charge on any atom is -0.454 e. The van der Waals surface area contributed by atoms with E-state index in [1.54, 1.807) is 29.2 Å². The number of amides is 1. The minimum absolute atomic E-state index is 0.140. The Labute approximate surface area is 173 Å². The van der Waals surface area contributed by atoms with Gasteiger partial charge in [-0.2, -0.15) is 0 Å². The van der Waals surface area contributed by atoms with E-state index >= 15 is 0 Å². The van der Waals surface area contributed by atoms with Gasteiger partial charge in [-0.1, -0.05) is 5.16 Å². The Morgan fingerprint density at radius 3 is 2.97 bits per heavy atom. The number of hydrogen-bond donors (Lipinski definition) is 0. The summed E-state index contributed by atoms with van der Waals surface area (Å²) in [5, 5.41) is 3.95. The molecule has 0 saturated carbocycles. The normalized spacial score (nSPS) is 17.7. The van der Waals surface area contributed by atoms with E-state index in [9.17, 15) is 9.18 Å². The first-order chi connectivity index (χ1) is 14.1. The lowest BCUT2D eigenvalue weighted by atomic mass is 10.1. The second kappa shape index (κ2) is 7.14. The van der Waals surface area contributed by atoms with Gasteiger partial charge in [0.05, 0.1) is 6.04 Å². The Balaban J connectivity index is 1.41. The lowest BCUT2D eigenvalue weighted by Crippen LogP contribution is -2.31. The molecule has 2 aliphatic rings. The Morgan fingerprint density at radius 1 is 1.21 bits per heavy atom. The van der Waals surface area contributed by atoms with Crippen molar-refractivity contribution < 1.29 is 23.2 Å². The van der Waals surface area contributed by atoms with Crippen molar-refractivity contribution in [2.24, 2.45) is 0 Å². The number of carbonyl (C=O) groups excluding carboxylic acids is 1. The summed E-state index contributed by atoms with van der Waals surface area (Å²) < 4.78 is 30.7. The molecule has 7 nitrogen and oxygen atoms in total. The van der Waals surface area contributed by atoms with Crippen molar-refractivity contribution in [2.45, 2.75) is 18.9 Å². The molecule has 9 heteroatoms. The predicted molar refractivity (Wildman–Crippen MR) is 103 cm³/mol. The third kappa shape index (κ3) is 3.15. The van der Waals surface area contributed by atoms with Crippen LogP contribution in [0.15, 0.2) is 45.7 Å². The third-order valence-corrected chi connectivity index (χ3v) is 5.69. The second-order valence-electron chi connectivity index (χ2n) is 6.81. The molecule has 2 aliphatic heterocycles. The zero-order valence-corrected chi connectivity index (χ0v) is 16.7. The van der Waals surface area contributed by atoms with Crippen molar-refractivity contribution >= 4 is 21.8 Å². The van der Waals surface area contributed by atoms with Gasteiger partial charge in [0.2, 0.25) is 6.79 Å². The number of hydrogen-bond acceptors (Lipinski definition) is 6. The maximum Gasteiger partial charge on any atom is 0.276 e. The first kappa shape index (κ1) is 18.1. The van der Waals surface area contributed by atoms with Gasteiger partial charge in [0.1, 0.15) is 4.60 Å². The first-order valence-electron chi connectivity index (χ1n) is 9.09. The van der Waals surface area contributed by atoms with Crippen molar-refractivity contribution in [1.29, 1.82) is 0 Å². The zero-order valence-electron chi connectivity index (χ0n) is 15.1. The molecule has 1 aromatic carbocycles. The van der Waals surface area contributed by atoms with Gasteiger partial charge in [0.25, 0.3) is 5.91 Å². The number of halogens is 2. The van der Waals surface area contributed by atoms with E-state index < -0.39 is 5.82 Å². The molecule has 0 aliphatic carbocycles. The topological polar surface area (TPSA) is 77.7 Å². The third-order valence-electron chi connectivity index (χ3n) is 5.14. The molecule has 1 unspecified atom stereocenters. The fourth-order valence-corrected chi connectivity index (χ4v) is 4.08. The van der Waals surface area contributed by atoms with E-state index in [1.807, 2.05) is 6.07 Å². The second-order valence-corrected chi connectivity index (χ2v) is 7.56. The highest BCUT2D eigenvalue weighted by Crippen LogP contribution is 2.38. The quantitative estimate of drug-likeness (QED) is 0.542. The van der Waals surface area contributed by atoms with Gasteiger partial charge in [-0.3, -0.25) is 4.79 Å². The molecule has 29 heavy (non-hydrogen) atoms. The standard InChI is InChI=1S/C20H15BrFN3O4/c21-19-18(22)12(5-6-23-19)14-2-1-7-25(14)20(26)13-9-16(29-24-13)11-3-4-15-17(8-11)28-10-27-15/h3-6,8-9,14H,1-2,7,10H2. The Morgan fingerprint density at radius 2 is 2.07 bits per heavy atom. The summed E-state index contributed by atoms with van der Waals surface area (Å²) >= 11 is 3.11. The number of likely N-dealkylation sites (tertiary alicyclic amines) is 1. The molecular weight excluding hydrogens is 445 g/mol. The van der Waals surface area contributed by atoms with Crippen LogP contribution >= 0.6 is 15.9 Å². The van der Waals surface area contributed by atoms with Crippen molar-refractivity contribution in [3.8, 4) is 22.8 Å². The van der Waals surface area contributed by atoms with Crippen LogP contribution in [0.3, 0.4) is 0 Å². The van der Waals surface area contributed by atoms with Crippen LogP contribution in [-0.4, -0.2) is 34.3 Å². The van der Waals surface area contributed by atoms with Crippen LogP contribution in [0.2, 0.25) is 0 Å². The first-order valence-corrected chi connectivity index (χ1v) is 9.89. The van der Waals surface area contributed by atoms with Crippen molar-refractivity contribution in [3.63, 3.8) is 0 Å². The van der Waals surface area contributed by atoms with E-state index in [2.05, 4.69) is 26.1 Å². The van der Waals surface area contributed by atoms with Gasteiger partial charge in [-0.05, 0) is 53.0 Å². The van der Waals surface area contributed by atoms with Crippen LogP contribution in [0.4, 0.5) is 4.39 Å². The Kier molecular flexibility index (Phi) is 4.46. The highest BCUT2D eigenvalue weighted by Gasteiger charge is 2.34. The van der Waals surface area contributed by atoms with Crippen LogP contribution in [0.5, 0.6) is 11.5 Å². The smallest absolute Gasteiger partial charge is 0.276 e. The molecule has 3 aromatic rings. The lowest BCUT2D eigenvalue weighted by Gasteiger charge is -2.24. The summed E-state index contributed by atoms with van der Waals surface area (Å²) in [5.74, 6) is 0.981. The van der Waals surface area contributed by atoms with Crippen LogP contribution in [0.1, 0.15) is 34.9 Å². The summed E-state index contributed by atoms with van der Waals surface area (Å²) in [7, 11) is 0. The Hall–Kier alpha value is -2.94. The summed E-state index contributed by atoms with van der Waals surface area (Å²) in [5.41, 5.74) is 1.35. The number of nitrogens with zero attached hydrogens (tertiary/aromatic N) is 3. The molecule has 0 N–H and O–H groups in total. The Bertz CT molecular complexity index is 1100. The van der Waals surface area contributed by atoms with E-state index in [-0.39, 0.29) is 29.0 Å². The molecular formula is C20H15BrFN3O4. The van der Waals surface area contributed by atoms with Gasteiger partial charge in [0.15, 0.2) is 28.8 Å². The number of fused-ring (bicyclic) bond motifs is 1. The number of rotatable bonds is 3. The zero-order chi connectivity index (χ0) is 20.0. The summed E-state index contributed by atoms with van der Waals surface area (Å²) in [6.07, 6.45) is 2.98. The van der Waals surface area contributed by atoms with Crippen molar-refractivity contribution in [2.75, 3.05) is 13.3 Å². The van der Waals surface area contributed by atoms with Gasteiger partial charge in [-0.15, -0.1) is 0 Å². The van der Waals surface area contributed by atoms with Crippen LogP contribution in [0, 0.1) is 5.82 Å². The summed E-state index contributed by atoms with van der Waals surface area (Å²) in [6.45, 7) is 0.700. The molecule has 0 radical (unpaired) electrons. The molecule has 1 fully saturated rings. The number of aromatic nitrogens is 2. The van der Waals surface area contributed by atoms with Gasteiger partial charge < -0.3 is 18.9 Å². The molecule has 1 atom stereocenters. The van der Waals surface area contributed by atoms with E-state index in [0.29, 0.717) is 35.8 Å². The van der Waals surface area contributed by atoms with Crippen LogP contribution in [0.25, 0.3) is 11.3 Å². The van der Waals surface area contributed by atoms with Crippen LogP contribution in [-0.2, 0) is 0 Å². The van der Waals surface area contributed by atoms with Crippen molar-refractivity contribution in [3.05, 3.63) is 58.2 Å². The SMILES string of the molecule is O=C(c1cc(-c2ccc3c(c2)OCO3)on1)N1CCCC1c1ccnc(Br)c1F. The van der Waals surface area contributed by atoms with E-state index in [0.717, 1.165) is 12.0 Å². The summed E-state index contributed by atoms with van der Waals surface area (Å²) in [6, 6.07) is 8.20. The number of ether oxygens (including phenoxy) is 2. The number of benzene rings is 1. The highest BCUT2D eigenvalue weighted by molar-refractivity contribution is 9.10. The molecule has 5 rings (SSSR count). The average molecular weight is 460 g/mol. The molecule has 0 bridgehead atoms. The van der Waals surface area contributed by atoms with E-state index in [4.69, 9.17) is 14.0 Å². The molecule has 148 valence electrons. The van der Waals surface area contributed by atoms with Crippen molar-refractivity contribution in [1.82, 2.24) is 15.0 Å². The maximum atomic E-state index is 14.5. The van der Waals surface area contributed by atoms with Crippen LogP contribution < -0.4 is 9.47 Å². The minimum atomic E-state index is -0.446. The highest BCUT2D eigenvalue weighted by atomic mass is 79.9. The largest absolute Gasteiger partial charge is 0.454 e. The molecule has 0 spiro atoms. The summed E-state index contributed by atoms with van der Waals surface area (Å²) in [4.78, 5) is 18.6. The van der Waals surface area contributed by atoms with Gasteiger partial charge >= 0.3 is 0 Å². The fourth-order valence-electron chi connectivity index (χ4n) is 3.73. The number of pyridine rings is 1.